The zero-order chi connectivity index (χ0) is 13.1. The minimum atomic E-state index is -0.236. The van der Waals surface area contributed by atoms with Gasteiger partial charge < -0.3 is 4.90 Å². The Bertz CT molecular complexity index is 432. The molecule has 3 N–H and O–H groups in total. The molecule has 1 aromatic rings. The van der Waals surface area contributed by atoms with Crippen LogP contribution in [-0.2, 0) is 6.42 Å². The lowest BCUT2D eigenvalue weighted by atomic mass is 10.1. The Balaban J connectivity index is 2.28. The number of rotatable bonds is 3. The Labute approximate surface area is 111 Å². The molecule has 1 amide bonds. The first-order chi connectivity index (χ1) is 8.67. The number of piperidine rings is 1. The van der Waals surface area contributed by atoms with Crippen LogP contribution >= 0.6 is 11.3 Å². The number of thiazole rings is 1. The molecule has 1 aliphatic heterocycles. The zero-order valence-corrected chi connectivity index (χ0v) is 11.7. The van der Waals surface area contributed by atoms with E-state index in [1.807, 2.05) is 6.92 Å². The summed E-state index contributed by atoms with van der Waals surface area (Å²) in [4.78, 5) is 19.2. The molecule has 6 heteroatoms. The number of carbonyl (C=O) groups excluding carboxylic acids is 1. The van der Waals surface area contributed by atoms with Crippen LogP contribution in [0.2, 0.25) is 0 Å². The molecule has 1 unspecified atom stereocenters. The largest absolute Gasteiger partial charge is 0.345 e. The SMILES string of the molecule is CCc1nc(N2CCCCC2C)sc1C(=O)NN. The molecule has 1 saturated heterocycles. The Kier molecular flexibility index (Phi) is 4.19. The first kappa shape index (κ1) is 13.3. The molecule has 18 heavy (non-hydrogen) atoms. The van der Waals surface area contributed by atoms with Gasteiger partial charge in [0.25, 0.3) is 5.91 Å². The normalized spacial score (nSPS) is 19.9. The van der Waals surface area contributed by atoms with E-state index in [1.54, 1.807) is 0 Å². The number of nitrogens with one attached hydrogen (secondary N) is 1. The molecule has 2 rings (SSSR count). The summed E-state index contributed by atoms with van der Waals surface area (Å²) >= 11 is 1.45. The molecule has 1 aromatic heterocycles. The zero-order valence-electron chi connectivity index (χ0n) is 10.9. The number of hydrazine groups is 1. The first-order valence-corrected chi connectivity index (χ1v) is 7.26. The van der Waals surface area contributed by atoms with Gasteiger partial charge in [0.15, 0.2) is 5.13 Å². The lowest BCUT2D eigenvalue weighted by Crippen LogP contribution is -2.37. The number of amides is 1. The van der Waals surface area contributed by atoms with Crippen LogP contribution in [0.5, 0.6) is 0 Å². The van der Waals surface area contributed by atoms with Crippen molar-refractivity contribution >= 4 is 22.4 Å². The number of carbonyl (C=O) groups is 1. The van der Waals surface area contributed by atoms with Gasteiger partial charge in [0, 0.05) is 12.6 Å². The molecular weight excluding hydrogens is 248 g/mol. The van der Waals surface area contributed by atoms with E-state index in [9.17, 15) is 4.79 Å². The summed E-state index contributed by atoms with van der Waals surface area (Å²) in [6.45, 7) is 5.25. The van der Waals surface area contributed by atoms with Gasteiger partial charge in [0.2, 0.25) is 0 Å². The number of hydrogen-bond donors (Lipinski definition) is 2. The minimum Gasteiger partial charge on any atom is -0.345 e. The molecule has 1 aliphatic rings. The molecule has 1 fully saturated rings. The van der Waals surface area contributed by atoms with Gasteiger partial charge in [-0.3, -0.25) is 10.2 Å². The van der Waals surface area contributed by atoms with Crippen molar-refractivity contribution in [2.75, 3.05) is 11.4 Å². The molecule has 0 spiro atoms. The van der Waals surface area contributed by atoms with Crippen LogP contribution in [-0.4, -0.2) is 23.5 Å². The lowest BCUT2D eigenvalue weighted by Gasteiger charge is -2.33. The van der Waals surface area contributed by atoms with E-state index < -0.39 is 0 Å². The second-order valence-corrected chi connectivity index (χ2v) is 5.61. The van der Waals surface area contributed by atoms with Crippen molar-refractivity contribution in [3.63, 3.8) is 0 Å². The summed E-state index contributed by atoms with van der Waals surface area (Å²) in [6, 6.07) is 0.503. The predicted octanol–water partition coefficient (Wildman–Crippen LogP) is 1.69. The molecule has 1 atom stereocenters. The molecule has 0 radical (unpaired) electrons. The monoisotopic (exact) mass is 268 g/mol. The van der Waals surface area contributed by atoms with E-state index >= 15 is 0 Å². The third-order valence-corrected chi connectivity index (χ3v) is 4.54. The maximum atomic E-state index is 11.7. The van der Waals surface area contributed by atoms with Gasteiger partial charge in [-0.1, -0.05) is 18.3 Å². The smallest absolute Gasteiger partial charge is 0.277 e. The number of aryl methyl sites for hydroxylation is 1. The third kappa shape index (κ3) is 2.49. The first-order valence-electron chi connectivity index (χ1n) is 6.44. The molecular formula is C12H20N4OS. The highest BCUT2D eigenvalue weighted by atomic mass is 32.1. The molecule has 0 saturated carbocycles. The van der Waals surface area contributed by atoms with Gasteiger partial charge in [0.05, 0.1) is 5.69 Å². The molecule has 0 aliphatic carbocycles. The van der Waals surface area contributed by atoms with Crippen LogP contribution in [0.3, 0.4) is 0 Å². The summed E-state index contributed by atoms with van der Waals surface area (Å²) < 4.78 is 0. The molecule has 5 nitrogen and oxygen atoms in total. The molecule has 0 bridgehead atoms. The van der Waals surface area contributed by atoms with Gasteiger partial charge in [-0.05, 0) is 32.6 Å². The maximum absolute atomic E-state index is 11.7. The summed E-state index contributed by atoms with van der Waals surface area (Å²) in [5.74, 6) is 4.97. The quantitative estimate of drug-likeness (QED) is 0.497. The van der Waals surface area contributed by atoms with E-state index in [0.717, 1.165) is 23.8 Å². The van der Waals surface area contributed by atoms with E-state index in [0.29, 0.717) is 10.9 Å². The Hall–Kier alpha value is -1.14. The average Bonchev–Trinajstić information content (AvgIpc) is 2.82. The van der Waals surface area contributed by atoms with Crippen LogP contribution in [0.25, 0.3) is 0 Å². The van der Waals surface area contributed by atoms with E-state index in [4.69, 9.17) is 5.84 Å². The van der Waals surface area contributed by atoms with Crippen LogP contribution in [0.15, 0.2) is 0 Å². The van der Waals surface area contributed by atoms with Gasteiger partial charge in [-0.15, -0.1) is 0 Å². The van der Waals surface area contributed by atoms with Gasteiger partial charge in [-0.2, -0.15) is 0 Å². The van der Waals surface area contributed by atoms with E-state index in [-0.39, 0.29) is 5.91 Å². The van der Waals surface area contributed by atoms with Crippen LogP contribution in [0, 0.1) is 0 Å². The fraction of sp³-hybridized carbons (Fsp3) is 0.667. The average molecular weight is 268 g/mol. The molecule has 100 valence electrons. The van der Waals surface area contributed by atoms with Crippen molar-refractivity contribution in [2.45, 2.75) is 45.6 Å². The van der Waals surface area contributed by atoms with E-state index in [1.165, 1.54) is 30.6 Å². The highest BCUT2D eigenvalue weighted by Gasteiger charge is 2.24. The van der Waals surface area contributed by atoms with Crippen molar-refractivity contribution in [1.82, 2.24) is 10.4 Å². The fourth-order valence-corrected chi connectivity index (χ4v) is 3.51. The highest BCUT2D eigenvalue weighted by molar-refractivity contribution is 7.17. The van der Waals surface area contributed by atoms with E-state index in [2.05, 4.69) is 22.2 Å². The summed E-state index contributed by atoms with van der Waals surface area (Å²) in [5.41, 5.74) is 3.04. The van der Waals surface area contributed by atoms with Crippen molar-refractivity contribution in [3.8, 4) is 0 Å². The van der Waals surface area contributed by atoms with Gasteiger partial charge in [0.1, 0.15) is 4.88 Å². The van der Waals surface area contributed by atoms with Crippen molar-refractivity contribution in [3.05, 3.63) is 10.6 Å². The summed E-state index contributed by atoms with van der Waals surface area (Å²) in [6.07, 6.45) is 4.42. The van der Waals surface area contributed by atoms with Crippen LogP contribution < -0.4 is 16.2 Å². The second kappa shape index (κ2) is 5.67. The minimum absolute atomic E-state index is 0.236. The Morgan fingerprint density at radius 3 is 3.00 bits per heavy atom. The van der Waals surface area contributed by atoms with Crippen molar-refractivity contribution < 1.29 is 4.79 Å². The highest BCUT2D eigenvalue weighted by Crippen LogP contribution is 2.31. The van der Waals surface area contributed by atoms with Gasteiger partial charge in [-0.25, -0.2) is 10.8 Å². The number of anilines is 1. The van der Waals surface area contributed by atoms with Gasteiger partial charge >= 0.3 is 0 Å². The number of aromatic nitrogens is 1. The molecule has 0 aromatic carbocycles. The Morgan fingerprint density at radius 1 is 1.61 bits per heavy atom. The summed E-state index contributed by atoms with van der Waals surface area (Å²) in [7, 11) is 0. The van der Waals surface area contributed by atoms with Crippen molar-refractivity contribution in [1.29, 1.82) is 0 Å². The Morgan fingerprint density at radius 2 is 2.39 bits per heavy atom. The fourth-order valence-electron chi connectivity index (χ4n) is 2.33. The van der Waals surface area contributed by atoms with Crippen LogP contribution in [0.4, 0.5) is 5.13 Å². The topological polar surface area (TPSA) is 71.2 Å². The second-order valence-electron chi connectivity index (χ2n) is 4.64. The number of nitrogens with two attached hydrogens (primary N) is 1. The maximum Gasteiger partial charge on any atom is 0.277 e. The summed E-state index contributed by atoms with van der Waals surface area (Å²) in [5, 5.41) is 0.956. The predicted molar refractivity (Wildman–Crippen MR) is 73.8 cm³/mol. The lowest BCUT2D eigenvalue weighted by molar-refractivity contribution is 0.0956. The molecule has 2 heterocycles. The standard InChI is InChI=1S/C12H20N4OS/c1-3-9-10(11(17)15-13)18-12(14-9)16-7-5-4-6-8(16)2/h8H,3-7,13H2,1-2H3,(H,15,17). The number of nitrogen functional groups attached to an aromatic ring is 1. The third-order valence-electron chi connectivity index (χ3n) is 3.41. The van der Waals surface area contributed by atoms with Crippen molar-refractivity contribution in [2.24, 2.45) is 5.84 Å². The number of nitrogens with zero attached hydrogens (tertiary/aromatic N) is 2. The van der Waals surface area contributed by atoms with Crippen LogP contribution in [0.1, 0.15) is 48.5 Å². The number of hydrogen-bond acceptors (Lipinski definition) is 5.